The summed E-state index contributed by atoms with van der Waals surface area (Å²) in [6, 6.07) is 4.55. The molecule has 2 atom stereocenters. The van der Waals surface area contributed by atoms with Crippen LogP contribution in [0, 0.1) is 0 Å². The van der Waals surface area contributed by atoms with Gasteiger partial charge in [-0.05, 0) is 25.5 Å². The molecule has 9 nitrogen and oxygen atoms in total. The summed E-state index contributed by atoms with van der Waals surface area (Å²) in [6.07, 6.45) is 1.31. The lowest BCUT2D eigenvalue weighted by Crippen LogP contribution is -2.55. The first-order valence-corrected chi connectivity index (χ1v) is 11.5. The minimum Gasteiger partial charge on any atom is -0.497 e. The number of ketones is 1. The zero-order chi connectivity index (χ0) is 23.8. The Morgan fingerprint density at radius 1 is 1.06 bits per heavy atom. The van der Waals surface area contributed by atoms with Crippen LogP contribution in [0.3, 0.4) is 0 Å². The standard InChI is InChI=1S/C24H31N3O6/c1-16(23(31)26-12-10-25(11-13-26)17(2)28)27-9-8-24(7-6-22(27)30)15-20(29)19-5-4-18(32-3)14-21(19)33-24/h4-5,14,16H,6-13,15H2,1-3H3/t16-,24-/m0/s1. The molecule has 0 bridgehead atoms. The maximum Gasteiger partial charge on any atom is 0.245 e. The van der Waals surface area contributed by atoms with Crippen LogP contribution in [0.4, 0.5) is 0 Å². The van der Waals surface area contributed by atoms with E-state index in [1.807, 2.05) is 0 Å². The largest absolute Gasteiger partial charge is 0.497 e. The highest BCUT2D eigenvalue weighted by atomic mass is 16.5. The summed E-state index contributed by atoms with van der Waals surface area (Å²) in [5.74, 6) is 0.866. The van der Waals surface area contributed by atoms with Gasteiger partial charge < -0.3 is 24.2 Å². The highest BCUT2D eigenvalue weighted by molar-refractivity contribution is 6.00. The molecule has 0 unspecified atom stereocenters. The van der Waals surface area contributed by atoms with Crippen molar-refractivity contribution in [2.75, 3.05) is 39.8 Å². The summed E-state index contributed by atoms with van der Waals surface area (Å²) in [4.78, 5) is 55.6. The highest BCUT2D eigenvalue weighted by Gasteiger charge is 2.44. The van der Waals surface area contributed by atoms with Crippen molar-refractivity contribution in [3.8, 4) is 11.5 Å². The summed E-state index contributed by atoms with van der Waals surface area (Å²) in [6.45, 7) is 5.55. The Morgan fingerprint density at radius 2 is 1.76 bits per heavy atom. The lowest BCUT2D eigenvalue weighted by Gasteiger charge is -2.39. The molecule has 0 saturated carbocycles. The summed E-state index contributed by atoms with van der Waals surface area (Å²) in [7, 11) is 1.56. The molecule has 3 aliphatic rings. The van der Waals surface area contributed by atoms with E-state index in [1.165, 1.54) is 6.92 Å². The van der Waals surface area contributed by atoms with Crippen molar-refractivity contribution in [1.82, 2.24) is 14.7 Å². The molecule has 0 radical (unpaired) electrons. The summed E-state index contributed by atoms with van der Waals surface area (Å²) >= 11 is 0. The van der Waals surface area contributed by atoms with Gasteiger partial charge in [0.15, 0.2) is 5.78 Å². The maximum atomic E-state index is 13.1. The van der Waals surface area contributed by atoms with Gasteiger partial charge in [-0.1, -0.05) is 0 Å². The molecule has 2 fully saturated rings. The first-order chi connectivity index (χ1) is 15.7. The average Bonchev–Trinajstić information content (AvgIpc) is 2.96. The van der Waals surface area contributed by atoms with E-state index in [2.05, 4.69) is 0 Å². The van der Waals surface area contributed by atoms with Gasteiger partial charge in [0.05, 0.1) is 19.1 Å². The number of hydrogen-bond acceptors (Lipinski definition) is 6. The third-order valence-electron chi connectivity index (χ3n) is 7.08. The van der Waals surface area contributed by atoms with Gasteiger partial charge in [0.25, 0.3) is 0 Å². The van der Waals surface area contributed by atoms with E-state index < -0.39 is 11.6 Å². The van der Waals surface area contributed by atoms with Crippen molar-refractivity contribution < 1.29 is 28.7 Å². The molecular weight excluding hydrogens is 426 g/mol. The van der Waals surface area contributed by atoms with Crippen LogP contribution in [0.1, 0.15) is 49.9 Å². The molecule has 33 heavy (non-hydrogen) atoms. The normalized spacial score (nSPS) is 24.2. The quantitative estimate of drug-likeness (QED) is 0.682. The van der Waals surface area contributed by atoms with Gasteiger partial charge in [-0.3, -0.25) is 19.2 Å². The molecule has 9 heteroatoms. The van der Waals surface area contributed by atoms with Crippen molar-refractivity contribution in [3.63, 3.8) is 0 Å². The van der Waals surface area contributed by atoms with E-state index in [0.29, 0.717) is 62.6 Å². The van der Waals surface area contributed by atoms with Crippen LogP contribution in [-0.4, -0.2) is 89.7 Å². The fourth-order valence-corrected chi connectivity index (χ4v) is 4.98. The van der Waals surface area contributed by atoms with Gasteiger partial charge in [0.1, 0.15) is 23.1 Å². The third-order valence-corrected chi connectivity index (χ3v) is 7.08. The van der Waals surface area contributed by atoms with Gasteiger partial charge in [-0.15, -0.1) is 0 Å². The molecule has 3 heterocycles. The molecule has 178 valence electrons. The molecule has 0 aromatic heterocycles. The number of nitrogens with zero attached hydrogens (tertiary/aromatic N) is 3. The molecule has 4 rings (SSSR count). The molecule has 2 saturated heterocycles. The van der Waals surface area contributed by atoms with Crippen molar-refractivity contribution in [2.45, 2.75) is 51.2 Å². The van der Waals surface area contributed by atoms with Crippen molar-refractivity contribution in [3.05, 3.63) is 23.8 Å². The number of Topliss-reactive ketones (excluding diaryl/α,β-unsaturated/α-hetero) is 1. The summed E-state index contributed by atoms with van der Waals surface area (Å²) in [5, 5.41) is 0. The first kappa shape index (κ1) is 23.1. The molecular formula is C24H31N3O6. The number of piperazine rings is 1. The minimum absolute atomic E-state index is 0.00404. The Balaban J connectivity index is 1.45. The Morgan fingerprint density at radius 3 is 2.42 bits per heavy atom. The number of likely N-dealkylation sites (tertiary alicyclic amines) is 1. The van der Waals surface area contributed by atoms with Crippen LogP contribution in [0.25, 0.3) is 0 Å². The smallest absolute Gasteiger partial charge is 0.245 e. The van der Waals surface area contributed by atoms with Crippen LogP contribution >= 0.6 is 0 Å². The zero-order valence-corrected chi connectivity index (χ0v) is 19.5. The van der Waals surface area contributed by atoms with Crippen LogP contribution in [-0.2, 0) is 14.4 Å². The number of rotatable bonds is 3. The van der Waals surface area contributed by atoms with Gasteiger partial charge in [0, 0.05) is 58.6 Å². The van der Waals surface area contributed by atoms with Crippen LogP contribution in [0.5, 0.6) is 11.5 Å². The molecule has 0 aliphatic carbocycles. The fourth-order valence-electron chi connectivity index (χ4n) is 4.98. The predicted octanol–water partition coefficient (Wildman–Crippen LogP) is 1.49. The van der Waals surface area contributed by atoms with Gasteiger partial charge in [-0.25, -0.2) is 0 Å². The number of methoxy groups -OCH3 is 1. The second-order valence-corrected chi connectivity index (χ2v) is 9.09. The van der Waals surface area contributed by atoms with E-state index in [-0.39, 0.29) is 36.3 Å². The fraction of sp³-hybridized carbons (Fsp3) is 0.583. The summed E-state index contributed by atoms with van der Waals surface area (Å²) in [5.41, 5.74) is -0.237. The number of amides is 3. The molecule has 3 amide bonds. The second kappa shape index (κ2) is 9.03. The maximum absolute atomic E-state index is 13.1. The van der Waals surface area contributed by atoms with Gasteiger partial charge in [0.2, 0.25) is 17.7 Å². The predicted molar refractivity (Wildman–Crippen MR) is 119 cm³/mol. The first-order valence-electron chi connectivity index (χ1n) is 11.5. The van der Waals surface area contributed by atoms with E-state index in [9.17, 15) is 19.2 Å². The minimum atomic E-state index is -0.767. The monoisotopic (exact) mass is 457 g/mol. The van der Waals surface area contributed by atoms with E-state index >= 15 is 0 Å². The number of benzene rings is 1. The van der Waals surface area contributed by atoms with Crippen LogP contribution in [0.15, 0.2) is 18.2 Å². The lowest BCUT2D eigenvalue weighted by atomic mass is 9.84. The van der Waals surface area contributed by atoms with Crippen molar-refractivity contribution in [2.24, 2.45) is 0 Å². The van der Waals surface area contributed by atoms with Crippen molar-refractivity contribution in [1.29, 1.82) is 0 Å². The SMILES string of the molecule is COc1ccc2c(c1)O[C@]1(CCC(=O)N([C@@H](C)C(=O)N3CCN(C(C)=O)CC3)CC1)CC2=O. The van der Waals surface area contributed by atoms with Crippen molar-refractivity contribution >= 4 is 23.5 Å². The number of ether oxygens (including phenoxy) is 2. The molecule has 0 N–H and O–H groups in total. The Labute approximate surface area is 193 Å². The van der Waals surface area contributed by atoms with Gasteiger partial charge in [-0.2, -0.15) is 0 Å². The average molecular weight is 458 g/mol. The van der Waals surface area contributed by atoms with E-state index in [1.54, 1.807) is 46.9 Å². The molecule has 1 spiro atoms. The zero-order valence-electron chi connectivity index (χ0n) is 19.5. The number of carbonyl (C=O) groups is 4. The second-order valence-electron chi connectivity index (χ2n) is 9.09. The van der Waals surface area contributed by atoms with Crippen LogP contribution < -0.4 is 9.47 Å². The molecule has 3 aliphatic heterocycles. The third kappa shape index (κ3) is 4.54. The topological polar surface area (TPSA) is 96.5 Å². The molecule has 1 aromatic carbocycles. The Hall–Kier alpha value is -3.10. The highest BCUT2D eigenvalue weighted by Crippen LogP contribution is 2.41. The van der Waals surface area contributed by atoms with Gasteiger partial charge >= 0.3 is 0 Å². The number of hydrogen-bond donors (Lipinski definition) is 0. The lowest BCUT2D eigenvalue weighted by molar-refractivity contribution is -0.147. The number of carbonyl (C=O) groups excluding carboxylic acids is 4. The Bertz CT molecular complexity index is 971. The Kier molecular flexibility index (Phi) is 6.32. The number of fused-ring (bicyclic) bond motifs is 1. The van der Waals surface area contributed by atoms with E-state index in [0.717, 1.165) is 0 Å². The van der Waals surface area contributed by atoms with E-state index in [4.69, 9.17) is 9.47 Å². The molecule has 1 aromatic rings. The van der Waals surface area contributed by atoms with Crippen LogP contribution in [0.2, 0.25) is 0 Å². The summed E-state index contributed by atoms with van der Waals surface area (Å²) < 4.78 is 11.6.